The number of benzene rings is 2. The summed E-state index contributed by atoms with van der Waals surface area (Å²) in [6.07, 6.45) is 4.44. The summed E-state index contributed by atoms with van der Waals surface area (Å²) in [5.41, 5.74) is 4.15. The molecule has 2 unspecified atom stereocenters. The number of ketones is 1. The fourth-order valence-electron chi connectivity index (χ4n) is 5.94. The van der Waals surface area contributed by atoms with Crippen LogP contribution in [-0.4, -0.2) is 5.78 Å². The van der Waals surface area contributed by atoms with Crippen molar-refractivity contribution >= 4 is 5.78 Å². The minimum Gasteiger partial charge on any atom is -0.294 e. The van der Waals surface area contributed by atoms with Crippen LogP contribution in [-0.2, 0) is 11.8 Å². The number of Topliss-reactive ketones (excluding diaryl/α,β-unsaturated/α-hetero) is 1. The average molecular weight is 332 g/mol. The van der Waals surface area contributed by atoms with Crippen molar-refractivity contribution in [3.05, 3.63) is 71.3 Å². The van der Waals surface area contributed by atoms with Gasteiger partial charge in [0, 0.05) is 11.5 Å². The second-order valence-electron chi connectivity index (χ2n) is 8.81. The van der Waals surface area contributed by atoms with Crippen molar-refractivity contribution in [2.75, 3.05) is 0 Å². The van der Waals surface area contributed by atoms with Gasteiger partial charge in [-0.2, -0.15) is 0 Å². The number of carbonyl (C=O) groups excluding carboxylic acids is 1. The second-order valence-corrected chi connectivity index (χ2v) is 8.81. The highest BCUT2D eigenvalue weighted by molar-refractivity contribution is 5.98. The molecule has 1 fully saturated rings. The molecule has 0 amide bonds. The van der Waals surface area contributed by atoms with Gasteiger partial charge in [0.05, 0.1) is 0 Å². The van der Waals surface area contributed by atoms with Gasteiger partial charge in [0.25, 0.3) is 0 Å². The summed E-state index contributed by atoms with van der Waals surface area (Å²) in [6.45, 7) is 7.13. The normalized spacial score (nSPS) is 30.2. The first-order chi connectivity index (χ1) is 11.9. The van der Waals surface area contributed by atoms with Crippen molar-refractivity contribution < 1.29 is 4.79 Å². The van der Waals surface area contributed by atoms with Crippen molar-refractivity contribution in [3.8, 4) is 0 Å². The smallest absolute Gasteiger partial charge is 0.166 e. The molecule has 2 aliphatic carbocycles. The van der Waals surface area contributed by atoms with E-state index >= 15 is 0 Å². The van der Waals surface area contributed by atoms with E-state index in [4.69, 9.17) is 0 Å². The van der Waals surface area contributed by atoms with E-state index in [2.05, 4.69) is 45.0 Å². The van der Waals surface area contributed by atoms with Gasteiger partial charge in [-0.25, -0.2) is 0 Å². The van der Waals surface area contributed by atoms with Crippen molar-refractivity contribution in [1.29, 1.82) is 0 Å². The van der Waals surface area contributed by atoms with Crippen LogP contribution in [0.5, 0.6) is 0 Å². The van der Waals surface area contributed by atoms with Gasteiger partial charge in [-0.1, -0.05) is 75.4 Å². The molecule has 0 aliphatic heterocycles. The molecule has 0 radical (unpaired) electrons. The molecule has 4 rings (SSSR count). The van der Waals surface area contributed by atoms with E-state index in [1.807, 2.05) is 30.3 Å². The Kier molecular flexibility index (Phi) is 3.86. The zero-order chi connectivity index (χ0) is 17.7. The van der Waals surface area contributed by atoms with Crippen LogP contribution in [0, 0.1) is 17.3 Å². The molecule has 0 N–H and O–H groups in total. The Morgan fingerprint density at radius 3 is 2.36 bits per heavy atom. The highest BCUT2D eigenvalue weighted by atomic mass is 16.1. The van der Waals surface area contributed by atoms with Crippen LogP contribution >= 0.6 is 0 Å². The number of carbonyl (C=O) groups is 1. The van der Waals surface area contributed by atoms with Gasteiger partial charge in [0.1, 0.15) is 0 Å². The van der Waals surface area contributed by atoms with E-state index in [9.17, 15) is 4.79 Å². The molecule has 130 valence electrons. The highest BCUT2D eigenvalue weighted by Gasteiger charge is 2.55. The lowest BCUT2D eigenvalue weighted by Gasteiger charge is -2.57. The van der Waals surface area contributed by atoms with Crippen molar-refractivity contribution in [2.45, 2.75) is 51.9 Å². The maximum atomic E-state index is 13.2. The zero-order valence-electron chi connectivity index (χ0n) is 15.6. The average Bonchev–Trinajstić information content (AvgIpc) is 2.62. The first-order valence-corrected chi connectivity index (χ1v) is 9.62. The molecule has 0 spiro atoms. The summed E-state index contributed by atoms with van der Waals surface area (Å²) in [5.74, 6) is 1.02. The lowest BCUT2D eigenvalue weighted by atomic mass is 9.46. The summed E-state index contributed by atoms with van der Waals surface area (Å²) in [7, 11) is 0. The van der Waals surface area contributed by atoms with Gasteiger partial charge in [-0.05, 0) is 53.6 Å². The predicted molar refractivity (Wildman–Crippen MR) is 103 cm³/mol. The molecule has 0 bridgehead atoms. The van der Waals surface area contributed by atoms with E-state index in [0.29, 0.717) is 11.7 Å². The summed E-state index contributed by atoms with van der Waals surface area (Å²) in [6, 6.07) is 18.9. The van der Waals surface area contributed by atoms with Gasteiger partial charge in [-0.3, -0.25) is 4.79 Å². The van der Waals surface area contributed by atoms with Crippen molar-refractivity contribution in [1.82, 2.24) is 0 Å². The van der Waals surface area contributed by atoms with Crippen LogP contribution in [0.2, 0.25) is 0 Å². The van der Waals surface area contributed by atoms with Gasteiger partial charge < -0.3 is 0 Å². The van der Waals surface area contributed by atoms with Crippen LogP contribution in [0.3, 0.4) is 0 Å². The van der Waals surface area contributed by atoms with E-state index < -0.39 is 0 Å². The van der Waals surface area contributed by atoms with E-state index in [0.717, 1.165) is 24.8 Å². The molecule has 2 aromatic carbocycles. The van der Waals surface area contributed by atoms with Crippen LogP contribution in [0.1, 0.15) is 61.5 Å². The number of hydrogen-bond acceptors (Lipinski definition) is 1. The predicted octanol–water partition coefficient (Wildman–Crippen LogP) is 5.83. The first-order valence-electron chi connectivity index (χ1n) is 9.62. The second kappa shape index (κ2) is 5.83. The molecule has 0 aromatic heterocycles. The van der Waals surface area contributed by atoms with E-state index in [-0.39, 0.29) is 16.7 Å². The topological polar surface area (TPSA) is 17.1 Å². The summed E-state index contributed by atoms with van der Waals surface area (Å²) >= 11 is 0. The minimum atomic E-state index is 0.0213. The molecular weight excluding hydrogens is 304 g/mol. The van der Waals surface area contributed by atoms with E-state index in [1.165, 1.54) is 17.5 Å². The molecule has 1 heteroatoms. The monoisotopic (exact) mass is 332 g/mol. The third-order valence-electron chi connectivity index (χ3n) is 7.23. The molecule has 1 nitrogen and oxygen atoms in total. The Balaban J connectivity index is 1.71. The third kappa shape index (κ3) is 2.47. The van der Waals surface area contributed by atoms with Crippen molar-refractivity contribution in [3.63, 3.8) is 0 Å². The fraction of sp³-hybridized carbons (Fsp3) is 0.458. The zero-order valence-corrected chi connectivity index (χ0v) is 15.6. The summed E-state index contributed by atoms with van der Waals surface area (Å²) in [4.78, 5) is 13.2. The Morgan fingerprint density at radius 1 is 0.920 bits per heavy atom. The Hall–Kier alpha value is -1.89. The van der Waals surface area contributed by atoms with Gasteiger partial charge in [0.2, 0.25) is 0 Å². The Morgan fingerprint density at radius 2 is 1.60 bits per heavy atom. The molecule has 3 atom stereocenters. The first kappa shape index (κ1) is 16.6. The van der Waals surface area contributed by atoms with Crippen LogP contribution in [0.25, 0.3) is 0 Å². The Bertz CT molecular complexity index is 789. The standard InChI is InChI=1S/C24H28O/c1-23(2)20(22(25)18-10-5-4-6-11-18)15-16-24(3)19-12-8-7-9-17(19)13-14-21(23)24/h4-12,20-21H,13-16H2,1-3H3/t20?,21?,24-/m1/s1. The molecule has 2 aromatic rings. The SMILES string of the molecule is CC1(C)C(C(=O)c2ccccc2)CC[C@]2(C)c3ccccc3CCC12. The Labute approximate surface area is 151 Å². The van der Waals surface area contributed by atoms with E-state index in [1.54, 1.807) is 0 Å². The lowest BCUT2D eigenvalue weighted by molar-refractivity contribution is -0.00589. The highest BCUT2D eigenvalue weighted by Crippen LogP contribution is 2.59. The van der Waals surface area contributed by atoms with Crippen LogP contribution in [0.4, 0.5) is 0 Å². The van der Waals surface area contributed by atoms with Gasteiger partial charge in [-0.15, -0.1) is 0 Å². The molecule has 0 saturated heterocycles. The van der Waals surface area contributed by atoms with Gasteiger partial charge >= 0.3 is 0 Å². The molecular formula is C24H28O. The number of hydrogen-bond donors (Lipinski definition) is 0. The summed E-state index contributed by atoms with van der Waals surface area (Å²) < 4.78 is 0. The molecule has 25 heavy (non-hydrogen) atoms. The molecule has 0 heterocycles. The van der Waals surface area contributed by atoms with Crippen LogP contribution < -0.4 is 0 Å². The van der Waals surface area contributed by atoms with Crippen LogP contribution in [0.15, 0.2) is 54.6 Å². The lowest BCUT2D eigenvalue weighted by Crippen LogP contribution is -2.53. The molecule has 2 aliphatic rings. The largest absolute Gasteiger partial charge is 0.294 e. The van der Waals surface area contributed by atoms with Crippen molar-refractivity contribution in [2.24, 2.45) is 17.3 Å². The maximum Gasteiger partial charge on any atom is 0.166 e. The maximum absolute atomic E-state index is 13.2. The quantitative estimate of drug-likeness (QED) is 0.633. The van der Waals surface area contributed by atoms with Gasteiger partial charge in [0.15, 0.2) is 5.78 Å². The minimum absolute atomic E-state index is 0.0213. The third-order valence-corrected chi connectivity index (χ3v) is 7.23. The fourth-order valence-corrected chi connectivity index (χ4v) is 5.94. The number of rotatable bonds is 2. The number of fused-ring (bicyclic) bond motifs is 3. The molecule has 1 saturated carbocycles. The number of aryl methyl sites for hydroxylation is 1. The summed E-state index contributed by atoms with van der Waals surface area (Å²) in [5, 5.41) is 0.